The van der Waals surface area contributed by atoms with Crippen molar-refractivity contribution in [2.75, 3.05) is 13.7 Å². The van der Waals surface area contributed by atoms with E-state index in [1.54, 1.807) is 18.4 Å². The predicted molar refractivity (Wildman–Crippen MR) is 85.1 cm³/mol. The summed E-state index contributed by atoms with van der Waals surface area (Å²) < 4.78 is 6.43. The molecule has 0 bridgehead atoms. The fourth-order valence-electron chi connectivity index (χ4n) is 2.07. The molecule has 0 aliphatic rings. The molecule has 1 atom stereocenters. The largest absolute Gasteiger partial charge is 0.497 e. The van der Waals surface area contributed by atoms with Gasteiger partial charge in [-0.05, 0) is 52.7 Å². The van der Waals surface area contributed by atoms with Crippen molar-refractivity contribution >= 4 is 27.3 Å². The van der Waals surface area contributed by atoms with Crippen LogP contribution in [-0.2, 0) is 6.42 Å². The van der Waals surface area contributed by atoms with E-state index in [9.17, 15) is 0 Å². The maximum absolute atomic E-state index is 5.28. The van der Waals surface area contributed by atoms with Gasteiger partial charge in [-0.25, -0.2) is 0 Å². The summed E-state index contributed by atoms with van der Waals surface area (Å²) >= 11 is 5.31. The predicted octanol–water partition coefficient (Wildman–Crippen LogP) is 4.41. The Kier molecular flexibility index (Phi) is 5.43. The van der Waals surface area contributed by atoms with Crippen molar-refractivity contribution in [2.24, 2.45) is 0 Å². The van der Waals surface area contributed by atoms with Crippen LogP contribution in [0.5, 0.6) is 5.75 Å². The highest BCUT2D eigenvalue weighted by Gasteiger charge is 2.13. The highest BCUT2D eigenvalue weighted by Crippen LogP contribution is 2.28. The van der Waals surface area contributed by atoms with Crippen LogP contribution in [0.3, 0.4) is 0 Å². The molecule has 0 amide bonds. The van der Waals surface area contributed by atoms with Crippen molar-refractivity contribution in [2.45, 2.75) is 19.4 Å². The summed E-state index contributed by atoms with van der Waals surface area (Å²) in [7, 11) is 1.71. The second-order valence-electron chi connectivity index (χ2n) is 4.33. The summed E-state index contributed by atoms with van der Waals surface area (Å²) in [4.78, 5) is 1.36. The fourth-order valence-corrected chi connectivity index (χ4v) is 3.59. The van der Waals surface area contributed by atoms with Gasteiger partial charge < -0.3 is 10.1 Å². The number of halogens is 1. The van der Waals surface area contributed by atoms with E-state index in [4.69, 9.17) is 4.74 Å². The van der Waals surface area contributed by atoms with Crippen LogP contribution in [0.4, 0.5) is 0 Å². The first kappa shape index (κ1) is 14.6. The average molecular weight is 340 g/mol. The third-order valence-corrected chi connectivity index (χ3v) is 4.76. The Morgan fingerprint density at radius 2 is 2.21 bits per heavy atom. The zero-order chi connectivity index (χ0) is 13.7. The summed E-state index contributed by atoms with van der Waals surface area (Å²) in [5.74, 6) is 0.917. The smallest absolute Gasteiger partial charge is 0.119 e. The molecule has 102 valence electrons. The molecular weight excluding hydrogens is 322 g/mol. The molecule has 19 heavy (non-hydrogen) atoms. The average Bonchev–Trinajstić information content (AvgIpc) is 2.85. The minimum Gasteiger partial charge on any atom is -0.497 e. The molecule has 1 aromatic heterocycles. The van der Waals surface area contributed by atoms with Crippen LogP contribution < -0.4 is 10.1 Å². The van der Waals surface area contributed by atoms with E-state index in [0.717, 1.165) is 23.2 Å². The molecule has 4 heteroatoms. The number of thiophene rings is 1. The molecule has 1 aromatic carbocycles. The van der Waals surface area contributed by atoms with Crippen molar-refractivity contribution in [3.05, 3.63) is 50.6 Å². The van der Waals surface area contributed by atoms with Gasteiger partial charge in [0.05, 0.1) is 7.11 Å². The van der Waals surface area contributed by atoms with Crippen molar-refractivity contribution < 1.29 is 4.74 Å². The Balaban J connectivity index is 2.16. The topological polar surface area (TPSA) is 21.3 Å². The van der Waals surface area contributed by atoms with Gasteiger partial charge in [-0.15, -0.1) is 11.3 Å². The van der Waals surface area contributed by atoms with Crippen LogP contribution in [0, 0.1) is 0 Å². The second-order valence-corrected chi connectivity index (χ2v) is 6.19. The van der Waals surface area contributed by atoms with E-state index in [1.165, 1.54) is 10.4 Å². The number of hydrogen-bond acceptors (Lipinski definition) is 3. The summed E-state index contributed by atoms with van der Waals surface area (Å²) in [6.07, 6.45) is 0.970. The summed E-state index contributed by atoms with van der Waals surface area (Å²) in [5, 5.41) is 5.68. The summed E-state index contributed by atoms with van der Waals surface area (Å²) in [5.41, 5.74) is 1.29. The molecule has 0 aliphatic heterocycles. The van der Waals surface area contributed by atoms with Crippen molar-refractivity contribution in [3.8, 4) is 5.75 Å². The van der Waals surface area contributed by atoms with Gasteiger partial charge in [-0.1, -0.05) is 19.1 Å². The quantitative estimate of drug-likeness (QED) is 0.841. The molecule has 0 spiro atoms. The van der Waals surface area contributed by atoms with Crippen molar-refractivity contribution in [1.82, 2.24) is 5.32 Å². The lowest BCUT2D eigenvalue weighted by molar-refractivity contribution is 0.414. The monoisotopic (exact) mass is 339 g/mol. The molecule has 1 heterocycles. The third kappa shape index (κ3) is 4.06. The van der Waals surface area contributed by atoms with E-state index in [2.05, 4.69) is 51.7 Å². The Morgan fingerprint density at radius 3 is 2.84 bits per heavy atom. The molecule has 0 radical (unpaired) electrons. The number of benzene rings is 1. The minimum atomic E-state index is 0.355. The van der Waals surface area contributed by atoms with E-state index in [-0.39, 0.29) is 0 Å². The standard InChI is InChI=1S/C15H18BrNOS/c1-3-17-14(15-9-12(16)10-19-15)8-11-5-4-6-13(7-11)18-2/h4-7,9-10,14,17H,3,8H2,1-2H3. The van der Waals surface area contributed by atoms with Crippen molar-refractivity contribution in [3.63, 3.8) is 0 Å². The number of hydrogen-bond donors (Lipinski definition) is 1. The lowest BCUT2D eigenvalue weighted by Gasteiger charge is -2.17. The first-order chi connectivity index (χ1) is 9.22. The van der Waals surface area contributed by atoms with Gasteiger partial charge in [0, 0.05) is 20.8 Å². The molecule has 0 aliphatic carbocycles. The highest BCUT2D eigenvalue weighted by molar-refractivity contribution is 9.10. The molecule has 2 aromatic rings. The van der Waals surface area contributed by atoms with Gasteiger partial charge in [-0.3, -0.25) is 0 Å². The number of ether oxygens (including phenoxy) is 1. The lowest BCUT2D eigenvalue weighted by Crippen LogP contribution is -2.22. The van der Waals surface area contributed by atoms with Gasteiger partial charge in [-0.2, -0.15) is 0 Å². The van der Waals surface area contributed by atoms with Crippen LogP contribution in [0.15, 0.2) is 40.2 Å². The maximum Gasteiger partial charge on any atom is 0.119 e. The number of likely N-dealkylation sites (N-methyl/N-ethyl adjacent to an activating group) is 1. The highest BCUT2D eigenvalue weighted by atomic mass is 79.9. The van der Waals surface area contributed by atoms with Crippen LogP contribution >= 0.6 is 27.3 Å². The fraction of sp³-hybridized carbons (Fsp3) is 0.333. The Morgan fingerprint density at radius 1 is 1.37 bits per heavy atom. The molecule has 2 nitrogen and oxygen atoms in total. The Bertz CT molecular complexity index is 526. The van der Waals surface area contributed by atoms with Crippen LogP contribution in [0.2, 0.25) is 0 Å². The van der Waals surface area contributed by atoms with Crippen LogP contribution in [-0.4, -0.2) is 13.7 Å². The van der Waals surface area contributed by atoms with E-state index >= 15 is 0 Å². The van der Waals surface area contributed by atoms with E-state index in [1.807, 2.05) is 12.1 Å². The van der Waals surface area contributed by atoms with Crippen LogP contribution in [0.25, 0.3) is 0 Å². The van der Waals surface area contributed by atoms with E-state index < -0.39 is 0 Å². The summed E-state index contributed by atoms with van der Waals surface area (Å²) in [6.45, 7) is 3.10. The van der Waals surface area contributed by atoms with Gasteiger partial charge in [0.25, 0.3) is 0 Å². The molecule has 0 saturated carbocycles. The molecule has 0 fully saturated rings. The number of nitrogens with one attached hydrogen (secondary N) is 1. The van der Waals surface area contributed by atoms with Gasteiger partial charge in [0.2, 0.25) is 0 Å². The number of rotatable bonds is 6. The zero-order valence-corrected chi connectivity index (χ0v) is 13.6. The van der Waals surface area contributed by atoms with Crippen LogP contribution in [0.1, 0.15) is 23.4 Å². The first-order valence-corrected chi connectivity index (χ1v) is 8.00. The van der Waals surface area contributed by atoms with Gasteiger partial charge >= 0.3 is 0 Å². The summed E-state index contributed by atoms with van der Waals surface area (Å²) in [6, 6.07) is 10.8. The van der Waals surface area contributed by atoms with Gasteiger partial charge in [0.15, 0.2) is 0 Å². The molecular formula is C15H18BrNOS. The Hall–Kier alpha value is -0.840. The molecule has 1 N–H and O–H groups in total. The van der Waals surface area contributed by atoms with Gasteiger partial charge in [0.1, 0.15) is 5.75 Å². The third-order valence-electron chi connectivity index (χ3n) is 2.96. The molecule has 0 saturated heterocycles. The zero-order valence-electron chi connectivity index (χ0n) is 11.2. The minimum absolute atomic E-state index is 0.355. The second kappa shape index (κ2) is 7.08. The molecule has 1 unspecified atom stereocenters. The maximum atomic E-state index is 5.28. The Labute approximate surface area is 126 Å². The van der Waals surface area contributed by atoms with E-state index in [0.29, 0.717) is 6.04 Å². The lowest BCUT2D eigenvalue weighted by atomic mass is 10.0. The SMILES string of the molecule is CCNC(Cc1cccc(OC)c1)c1cc(Br)cs1. The molecule has 2 rings (SSSR count). The van der Waals surface area contributed by atoms with Crippen molar-refractivity contribution in [1.29, 1.82) is 0 Å². The normalized spacial score (nSPS) is 12.4. The first-order valence-electron chi connectivity index (χ1n) is 6.33. The number of methoxy groups -OCH3 is 1.